The highest BCUT2D eigenvalue weighted by molar-refractivity contribution is 7.99. The van der Waals surface area contributed by atoms with Gasteiger partial charge < -0.3 is 5.32 Å². The second-order valence-corrected chi connectivity index (χ2v) is 7.15. The third-order valence-electron chi connectivity index (χ3n) is 3.70. The van der Waals surface area contributed by atoms with Crippen molar-refractivity contribution in [3.05, 3.63) is 46.4 Å². The van der Waals surface area contributed by atoms with Crippen LogP contribution in [-0.4, -0.2) is 27.5 Å². The van der Waals surface area contributed by atoms with E-state index in [1.165, 1.54) is 11.8 Å². The maximum Gasteiger partial charge on any atom is 0.257 e. The maximum atomic E-state index is 12.4. The van der Waals surface area contributed by atoms with Crippen molar-refractivity contribution in [3.8, 4) is 0 Å². The molecular weight excluding hydrogens is 330 g/mol. The highest BCUT2D eigenvalue weighted by Crippen LogP contribution is 2.32. The Balaban J connectivity index is 1.76. The molecule has 1 aromatic heterocycles. The van der Waals surface area contributed by atoms with Crippen LogP contribution in [0, 0.1) is 6.92 Å². The Labute approximate surface area is 142 Å². The third kappa shape index (κ3) is 3.30. The van der Waals surface area contributed by atoms with Gasteiger partial charge in [-0.25, -0.2) is 4.98 Å². The van der Waals surface area contributed by atoms with Crippen molar-refractivity contribution < 1.29 is 4.79 Å². The van der Waals surface area contributed by atoms with E-state index in [-0.39, 0.29) is 23.9 Å². The zero-order valence-electron chi connectivity index (χ0n) is 12.9. The van der Waals surface area contributed by atoms with Crippen LogP contribution in [0.25, 0.3) is 0 Å². The summed E-state index contributed by atoms with van der Waals surface area (Å²) >= 11 is 3.11. The Morgan fingerprint density at radius 2 is 2.26 bits per heavy atom. The molecule has 1 unspecified atom stereocenters. The number of thioether (sulfide) groups is 2. The fourth-order valence-electron chi connectivity index (χ4n) is 2.53. The normalized spacial score (nSPS) is 16.2. The van der Waals surface area contributed by atoms with E-state index in [2.05, 4.69) is 10.3 Å². The number of amides is 1. The smallest absolute Gasteiger partial charge is 0.257 e. The standard InChI is InChI=1S/C16H17N3O2S2/c1-10-8-17-16-19(15(10)21)11(9-23-16)7-14(20)18-12-5-3-4-6-13(12)22-2/h3-6,8,11H,7,9H2,1-2H3,(H,18,20). The van der Waals surface area contributed by atoms with Crippen LogP contribution in [0.1, 0.15) is 18.0 Å². The summed E-state index contributed by atoms with van der Waals surface area (Å²) in [6.45, 7) is 1.75. The molecule has 2 aromatic rings. The van der Waals surface area contributed by atoms with Crippen LogP contribution in [-0.2, 0) is 4.79 Å². The summed E-state index contributed by atoms with van der Waals surface area (Å²) in [5.74, 6) is 0.613. The molecule has 7 heteroatoms. The van der Waals surface area contributed by atoms with Gasteiger partial charge in [0.15, 0.2) is 5.16 Å². The summed E-state index contributed by atoms with van der Waals surface area (Å²) in [6.07, 6.45) is 3.84. The number of hydrogen-bond acceptors (Lipinski definition) is 5. The minimum Gasteiger partial charge on any atom is -0.325 e. The summed E-state index contributed by atoms with van der Waals surface area (Å²) in [7, 11) is 0. The van der Waals surface area contributed by atoms with E-state index >= 15 is 0 Å². The van der Waals surface area contributed by atoms with Gasteiger partial charge in [0, 0.05) is 28.8 Å². The molecule has 0 saturated carbocycles. The van der Waals surface area contributed by atoms with Crippen LogP contribution < -0.4 is 10.9 Å². The molecule has 5 nitrogen and oxygen atoms in total. The van der Waals surface area contributed by atoms with Gasteiger partial charge in [-0.3, -0.25) is 14.2 Å². The van der Waals surface area contributed by atoms with Crippen molar-refractivity contribution in [1.29, 1.82) is 0 Å². The lowest BCUT2D eigenvalue weighted by Crippen LogP contribution is -2.28. The quantitative estimate of drug-likeness (QED) is 0.680. The van der Waals surface area contributed by atoms with E-state index in [0.29, 0.717) is 16.5 Å². The molecule has 120 valence electrons. The predicted molar refractivity (Wildman–Crippen MR) is 94.5 cm³/mol. The lowest BCUT2D eigenvalue weighted by Gasteiger charge is -2.14. The van der Waals surface area contributed by atoms with E-state index in [0.717, 1.165) is 10.6 Å². The fourth-order valence-corrected chi connectivity index (χ4v) is 4.19. The third-order valence-corrected chi connectivity index (χ3v) is 5.61. The summed E-state index contributed by atoms with van der Waals surface area (Å²) in [5.41, 5.74) is 1.36. The van der Waals surface area contributed by atoms with Crippen molar-refractivity contribution in [3.63, 3.8) is 0 Å². The average molecular weight is 347 g/mol. The van der Waals surface area contributed by atoms with Crippen LogP contribution >= 0.6 is 23.5 Å². The van der Waals surface area contributed by atoms with E-state index in [4.69, 9.17) is 0 Å². The number of hydrogen-bond donors (Lipinski definition) is 1. The number of para-hydroxylation sites is 1. The first kappa shape index (κ1) is 16.1. The number of rotatable bonds is 4. The SMILES string of the molecule is CSc1ccccc1NC(=O)CC1CSc2ncc(C)c(=O)n21. The minimum absolute atomic E-state index is 0.0534. The lowest BCUT2D eigenvalue weighted by atomic mass is 10.2. The molecule has 1 aromatic carbocycles. The van der Waals surface area contributed by atoms with Gasteiger partial charge in [-0.1, -0.05) is 23.9 Å². The van der Waals surface area contributed by atoms with Crippen molar-refractivity contribution in [2.75, 3.05) is 17.3 Å². The van der Waals surface area contributed by atoms with Gasteiger partial charge in [0.1, 0.15) is 0 Å². The van der Waals surface area contributed by atoms with Crippen molar-refractivity contribution in [1.82, 2.24) is 9.55 Å². The molecule has 1 amide bonds. The molecule has 1 aliphatic heterocycles. The molecule has 3 rings (SSSR count). The molecule has 0 radical (unpaired) electrons. The zero-order valence-corrected chi connectivity index (χ0v) is 14.5. The molecule has 2 heterocycles. The number of fused-ring (bicyclic) bond motifs is 1. The van der Waals surface area contributed by atoms with Crippen molar-refractivity contribution >= 4 is 35.1 Å². The number of carbonyl (C=O) groups excluding carboxylic acids is 1. The molecule has 23 heavy (non-hydrogen) atoms. The molecule has 0 bridgehead atoms. The predicted octanol–water partition coefficient (Wildman–Crippen LogP) is 2.95. The van der Waals surface area contributed by atoms with Crippen LogP contribution in [0.5, 0.6) is 0 Å². The van der Waals surface area contributed by atoms with E-state index in [9.17, 15) is 9.59 Å². The van der Waals surface area contributed by atoms with Crippen LogP contribution in [0.2, 0.25) is 0 Å². The summed E-state index contributed by atoms with van der Waals surface area (Å²) < 4.78 is 1.65. The van der Waals surface area contributed by atoms with Gasteiger partial charge in [-0.15, -0.1) is 11.8 Å². The average Bonchev–Trinajstić information content (AvgIpc) is 2.95. The largest absolute Gasteiger partial charge is 0.325 e. The van der Waals surface area contributed by atoms with Gasteiger partial charge in [0.05, 0.1) is 11.7 Å². The fraction of sp³-hybridized carbons (Fsp3) is 0.312. The summed E-state index contributed by atoms with van der Waals surface area (Å²) in [6, 6.07) is 7.56. The Kier molecular flexibility index (Phi) is 4.77. The van der Waals surface area contributed by atoms with E-state index in [1.54, 1.807) is 29.4 Å². The van der Waals surface area contributed by atoms with E-state index in [1.807, 2.05) is 30.5 Å². The molecule has 0 aliphatic carbocycles. The lowest BCUT2D eigenvalue weighted by molar-refractivity contribution is -0.116. The maximum absolute atomic E-state index is 12.4. The number of nitrogens with one attached hydrogen (secondary N) is 1. The molecule has 1 atom stereocenters. The zero-order chi connectivity index (χ0) is 16.4. The van der Waals surface area contributed by atoms with Gasteiger partial charge in [0.2, 0.25) is 5.91 Å². The Hall–Kier alpha value is -1.73. The molecule has 0 spiro atoms. The summed E-state index contributed by atoms with van der Waals surface area (Å²) in [5, 5.41) is 3.65. The number of anilines is 1. The Morgan fingerprint density at radius 3 is 3.04 bits per heavy atom. The first-order valence-electron chi connectivity index (χ1n) is 7.24. The molecule has 1 N–H and O–H groups in total. The van der Waals surface area contributed by atoms with Crippen LogP contribution in [0.15, 0.2) is 45.3 Å². The molecule has 1 aliphatic rings. The topological polar surface area (TPSA) is 64.0 Å². The monoisotopic (exact) mass is 347 g/mol. The Morgan fingerprint density at radius 1 is 1.48 bits per heavy atom. The number of carbonyl (C=O) groups is 1. The molecule has 0 saturated heterocycles. The molecular formula is C16H17N3O2S2. The minimum atomic E-state index is -0.142. The first-order valence-corrected chi connectivity index (χ1v) is 9.45. The van der Waals surface area contributed by atoms with Crippen LogP contribution in [0.3, 0.4) is 0 Å². The van der Waals surface area contributed by atoms with Gasteiger partial charge in [-0.05, 0) is 25.3 Å². The van der Waals surface area contributed by atoms with Crippen molar-refractivity contribution in [2.45, 2.75) is 29.4 Å². The second kappa shape index (κ2) is 6.80. The number of nitrogens with zero attached hydrogens (tertiary/aromatic N) is 2. The number of aryl methyl sites for hydroxylation is 1. The van der Waals surface area contributed by atoms with Crippen molar-refractivity contribution in [2.24, 2.45) is 0 Å². The van der Waals surface area contributed by atoms with Gasteiger partial charge in [-0.2, -0.15) is 0 Å². The van der Waals surface area contributed by atoms with Crippen LogP contribution in [0.4, 0.5) is 5.69 Å². The van der Waals surface area contributed by atoms with Gasteiger partial charge >= 0.3 is 0 Å². The molecule has 0 fully saturated rings. The second-order valence-electron chi connectivity index (χ2n) is 5.32. The number of aromatic nitrogens is 2. The first-order chi connectivity index (χ1) is 11.1. The summed E-state index contributed by atoms with van der Waals surface area (Å²) in [4.78, 5) is 30.0. The van der Waals surface area contributed by atoms with E-state index < -0.39 is 0 Å². The Bertz CT molecular complexity index is 804. The number of benzene rings is 1. The highest BCUT2D eigenvalue weighted by atomic mass is 32.2. The van der Waals surface area contributed by atoms with Gasteiger partial charge in [0.25, 0.3) is 5.56 Å². The highest BCUT2D eigenvalue weighted by Gasteiger charge is 2.27.